The molecule has 2 nitrogen and oxygen atoms in total. The second-order valence-corrected chi connectivity index (χ2v) is 1.86. The molecule has 1 heterocycles. The van der Waals surface area contributed by atoms with Crippen LogP contribution in [0.3, 0.4) is 0 Å². The predicted molar refractivity (Wildman–Crippen MR) is 26.5 cm³/mol. The van der Waals surface area contributed by atoms with Crippen LogP contribution in [0.15, 0.2) is 0 Å². The van der Waals surface area contributed by atoms with Gasteiger partial charge in [0.25, 0.3) is 0 Å². The fourth-order valence-electron chi connectivity index (χ4n) is 0.829. The summed E-state index contributed by atoms with van der Waals surface area (Å²) in [6.45, 7) is 0.532. The van der Waals surface area contributed by atoms with E-state index in [9.17, 15) is 9.18 Å². The number of hydrogen-bond acceptors (Lipinski definition) is 1. The highest BCUT2D eigenvalue weighted by Crippen LogP contribution is 2.14. The molecule has 3 heteroatoms. The average Bonchev–Trinajstić information content (AvgIpc) is 2.14. The molecule has 0 aromatic rings. The molecule has 0 aliphatic carbocycles. The van der Waals surface area contributed by atoms with Crippen LogP contribution in [0.2, 0.25) is 0 Å². The van der Waals surface area contributed by atoms with Gasteiger partial charge in [0, 0.05) is 6.54 Å². The molecule has 0 bridgehead atoms. The van der Waals surface area contributed by atoms with Gasteiger partial charge in [-0.3, -0.25) is 4.79 Å². The smallest absolute Gasteiger partial charge is 0.304 e. The number of nitrogens with zero attached hydrogens (tertiary/aromatic N) is 1. The minimum Gasteiger partial charge on any atom is -0.304 e. The van der Waals surface area contributed by atoms with Gasteiger partial charge in [0.15, 0.2) is 6.30 Å². The zero-order valence-corrected chi connectivity index (χ0v) is 4.43. The first-order valence-electron chi connectivity index (χ1n) is 2.63. The first-order valence-corrected chi connectivity index (χ1v) is 2.63. The number of amides is 1. The third kappa shape index (κ3) is 0.804. The van der Waals surface area contributed by atoms with Gasteiger partial charge in [-0.05, 0) is 12.8 Å². The third-order valence-electron chi connectivity index (χ3n) is 1.30. The maximum atomic E-state index is 12.3. The van der Waals surface area contributed by atoms with Crippen LogP contribution >= 0.6 is 0 Å². The van der Waals surface area contributed by atoms with Crippen molar-refractivity contribution in [2.45, 2.75) is 19.1 Å². The molecule has 1 fully saturated rings. The summed E-state index contributed by atoms with van der Waals surface area (Å²) < 4.78 is 12.3. The van der Waals surface area contributed by atoms with Crippen LogP contribution in [0.1, 0.15) is 12.8 Å². The zero-order chi connectivity index (χ0) is 5.98. The monoisotopic (exact) mass is 116 g/mol. The summed E-state index contributed by atoms with van der Waals surface area (Å²) in [4.78, 5) is 10.8. The maximum Gasteiger partial charge on any atom is 0.314 e. The lowest BCUT2D eigenvalue weighted by Crippen LogP contribution is -2.23. The van der Waals surface area contributed by atoms with E-state index >= 15 is 0 Å². The quantitative estimate of drug-likeness (QED) is 0.455. The third-order valence-corrected chi connectivity index (χ3v) is 1.30. The summed E-state index contributed by atoms with van der Waals surface area (Å²) in [7, 11) is 0. The van der Waals surface area contributed by atoms with E-state index < -0.39 is 6.30 Å². The number of carbonyl (C=O) groups excluding carboxylic acids is 1. The van der Waals surface area contributed by atoms with Crippen LogP contribution in [-0.4, -0.2) is 24.2 Å². The molecule has 0 aromatic heterocycles. The van der Waals surface area contributed by atoms with E-state index in [0.717, 1.165) is 11.3 Å². The number of alkyl halides is 1. The zero-order valence-electron chi connectivity index (χ0n) is 4.43. The van der Waals surface area contributed by atoms with E-state index in [-0.39, 0.29) is 0 Å². The van der Waals surface area contributed by atoms with Crippen molar-refractivity contribution in [3.8, 4) is 0 Å². The minimum absolute atomic E-state index is 0.481. The van der Waals surface area contributed by atoms with Gasteiger partial charge in [0.05, 0.1) is 0 Å². The summed E-state index contributed by atoms with van der Waals surface area (Å²) in [5.74, 6) is 0. The number of likely N-dealkylation sites (tertiary alicyclic amines) is 1. The number of halogens is 1. The Balaban J connectivity index is 2.41. The second kappa shape index (κ2) is 2.11. The van der Waals surface area contributed by atoms with Crippen molar-refractivity contribution in [3.63, 3.8) is 0 Å². The largest absolute Gasteiger partial charge is 0.314 e. The van der Waals surface area contributed by atoms with Gasteiger partial charge < -0.3 is 4.90 Å². The van der Waals surface area contributed by atoms with E-state index in [0.29, 0.717) is 13.0 Å². The summed E-state index contributed by atoms with van der Waals surface area (Å²) >= 11 is 0. The lowest BCUT2D eigenvalue weighted by Gasteiger charge is -2.07. The fourth-order valence-corrected chi connectivity index (χ4v) is 0.829. The second-order valence-electron chi connectivity index (χ2n) is 1.86. The van der Waals surface area contributed by atoms with Gasteiger partial charge in [0.1, 0.15) is 0 Å². The predicted octanol–water partition coefficient (Wildman–Crippen LogP) is 0.445. The Morgan fingerprint density at radius 2 is 2.50 bits per heavy atom. The lowest BCUT2D eigenvalue weighted by atomic mass is 10.4. The van der Waals surface area contributed by atoms with Crippen molar-refractivity contribution >= 4 is 6.41 Å². The standard InChI is InChI=1S/C5H7FNO/c6-5-2-1-3-7(5)4-8/h5H,1-3H2. The molecule has 1 rings (SSSR count). The van der Waals surface area contributed by atoms with Crippen LogP contribution in [0.4, 0.5) is 4.39 Å². The molecular weight excluding hydrogens is 109 g/mol. The van der Waals surface area contributed by atoms with Crippen molar-refractivity contribution in [1.29, 1.82) is 0 Å². The molecule has 1 radical (unpaired) electrons. The van der Waals surface area contributed by atoms with Crippen LogP contribution < -0.4 is 0 Å². The normalized spacial score (nSPS) is 28.6. The van der Waals surface area contributed by atoms with Gasteiger partial charge >= 0.3 is 6.41 Å². The molecule has 1 amide bonds. The Morgan fingerprint density at radius 1 is 1.75 bits per heavy atom. The van der Waals surface area contributed by atoms with E-state index in [1.54, 1.807) is 0 Å². The Kier molecular flexibility index (Phi) is 1.46. The first-order chi connectivity index (χ1) is 3.84. The van der Waals surface area contributed by atoms with Gasteiger partial charge in [-0.1, -0.05) is 0 Å². The molecule has 1 aliphatic heterocycles. The molecule has 1 saturated heterocycles. The molecule has 1 atom stereocenters. The van der Waals surface area contributed by atoms with E-state index in [1.165, 1.54) is 6.41 Å². The summed E-state index contributed by atoms with van der Waals surface area (Å²) in [6, 6.07) is 0. The van der Waals surface area contributed by atoms with Gasteiger partial charge in [-0.15, -0.1) is 0 Å². The van der Waals surface area contributed by atoms with Crippen molar-refractivity contribution < 1.29 is 9.18 Å². The Hall–Kier alpha value is -0.600. The first kappa shape index (κ1) is 5.54. The molecule has 1 aliphatic rings. The van der Waals surface area contributed by atoms with Crippen molar-refractivity contribution in [1.82, 2.24) is 4.90 Å². The van der Waals surface area contributed by atoms with E-state index in [4.69, 9.17) is 0 Å². The fraction of sp³-hybridized carbons (Fsp3) is 0.800. The average molecular weight is 116 g/mol. The molecule has 1 unspecified atom stereocenters. The summed E-state index contributed by atoms with van der Waals surface area (Å²) in [6.07, 6.45) is 1.72. The van der Waals surface area contributed by atoms with Crippen LogP contribution in [0.25, 0.3) is 0 Å². The lowest BCUT2D eigenvalue weighted by molar-refractivity contribution is 0.195. The molecular formula is C5H7FNO. The van der Waals surface area contributed by atoms with Crippen LogP contribution in [0.5, 0.6) is 0 Å². The molecule has 0 saturated carbocycles. The van der Waals surface area contributed by atoms with Crippen LogP contribution in [-0.2, 0) is 4.79 Å². The molecule has 0 N–H and O–H groups in total. The molecule has 0 aromatic carbocycles. The highest BCUT2D eigenvalue weighted by molar-refractivity contribution is 5.48. The topological polar surface area (TPSA) is 20.3 Å². The highest BCUT2D eigenvalue weighted by Gasteiger charge is 2.21. The Morgan fingerprint density at radius 3 is 2.75 bits per heavy atom. The van der Waals surface area contributed by atoms with Gasteiger partial charge in [0.2, 0.25) is 0 Å². The molecule has 8 heavy (non-hydrogen) atoms. The maximum absolute atomic E-state index is 12.3. The highest BCUT2D eigenvalue weighted by atomic mass is 19.1. The van der Waals surface area contributed by atoms with E-state index in [1.807, 2.05) is 0 Å². The Bertz CT molecular complexity index is 96.4. The van der Waals surface area contributed by atoms with Gasteiger partial charge in [-0.25, -0.2) is 4.39 Å². The number of hydrogen-bond donors (Lipinski definition) is 0. The van der Waals surface area contributed by atoms with Crippen molar-refractivity contribution in [3.05, 3.63) is 0 Å². The summed E-state index contributed by atoms with van der Waals surface area (Å²) in [5, 5.41) is 0. The van der Waals surface area contributed by atoms with Crippen molar-refractivity contribution in [2.75, 3.05) is 6.54 Å². The summed E-state index contributed by atoms with van der Waals surface area (Å²) in [5.41, 5.74) is 0. The minimum atomic E-state index is -1.06. The van der Waals surface area contributed by atoms with Crippen LogP contribution in [0, 0.1) is 0 Å². The SMILES string of the molecule is O=[C]N1CCCC1F. The number of rotatable bonds is 1. The Labute approximate surface area is 47.3 Å². The van der Waals surface area contributed by atoms with Crippen molar-refractivity contribution in [2.24, 2.45) is 0 Å². The molecule has 0 spiro atoms. The van der Waals surface area contributed by atoms with Gasteiger partial charge in [-0.2, -0.15) is 0 Å². The molecule has 45 valence electrons. The van der Waals surface area contributed by atoms with E-state index in [2.05, 4.69) is 0 Å².